The Balaban J connectivity index is 0.000000845. The zero-order chi connectivity index (χ0) is 8.55. The van der Waals surface area contributed by atoms with Crippen LogP contribution >= 0.6 is 0 Å². The number of hydrogen-bond donors (Lipinski definition) is 1. The number of rotatable bonds is 1. The summed E-state index contributed by atoms with van der Waals surface area (Å²) in [5.74, 6) is 0.794. The van der Waals surface area contributed by atoms with Crippen LogP contribution in [-0.4, -0.2) is 17.1 Å². The maximum atomic E-state index is 5.16. The van der Waals surface area contributed by atoms with E-state index in [1.165, 1.54) is 0 Å². The molecule has 0 atom stereocenters. The molecule has 0 spiro atoms. The van der Waals surface area contributed by atoms with Crippen LogP contribution in [0.25, 0.3) is 10.9 Å². The summed E-state index contributed by atoms with van der Waals surface area (Å²) in [5.41, 5.74) is 2.05. The van der Waals surface area contributed by atoms with Crippen molar-refractivity contribution in [3.05, 3.63) is 24.2 Å². The molecule has 0 saturated heterocycles. The van der Waals surface area contributed by atoms with E-state index < -0.39 is 0 Å². The van der Waals surface area contributed by atoms with Gasteiger partial charge >= 0.3 is 0 Å². The van der Waals surface area contributed by atoms with E-state index in [2.05, 4.69) is 16.2 Å². The first-order valence-corrected chi connectivity index (χ1v) is 3.71. The number of hydrogen-bond acceptors (Lipinski definition) is 2. The van der Waals surface area contributed by atoms with Gasteiger partial charge < -0.3 is 14.7 Å². The first-order valence-electron chi connectivity index (χ1n) is 3.71. The largest absolute Gasteiger partial charge is 0.520 e. The molecule has 0 amide bonds. The molecule has 65 valence electrons. The average Bonchev–Trinajstić information content (AvgIpc) is 2.48. The second kappa shape index (κ2) is 4.20. The number of aromatic nitrogens is 2. The molecule has 2 aromatic heterocycles. The summed E-state index contributed by atoms with van der Waals surface area (Å²) >= 11 is 0. The van der Waals surface area contributed by atoms with Crippen molar-refractivity contribution in [2.24, 2.45) is 0 Å². The fourth-order valence-electron chi connectivity index (χ4n) is 1.30. The predicted octanol–water partition coefficient (Wildman–Crippen LogP) is 1.68. The van der Waals surface area contributed by atoms with Gasteiger partial charge in [-0.2, -0.15) is 0 Å². The quantitative estimate of drug-likeness (QED) is 0.782. The predicted molar refractivity (Wildman–Crippen MR) is 46.2 cm³/mol. The van der Waals surface area contributed by atoms with Crippen LogP contribution in [0.2, 0.25) is 0 Å². The van der Waals surface area contributed by atoms with Gasteiger partial charge in [-0.05, 0) is 24.8 Å². The Kier molecular flexibility index (Phi) is 3.45. The molecule has 0 aliphatic heterocycles. The Morgan fingerprint density at radius 1 is 1.54 bits per heavy atom. The van der Waals surface area contributed by atoms with Gasteiger partial charge in [0, 0.05) is 38.5 Å². The first kappa shape index (κ1) is 10.7. The number of fused-ring (bicyclic) bond motifs is 1. The third kappa shape index (κ3) is 1.76. The standard InChI is InChI=1S/C9H9N2O.Y/c1-6-3-11-7-4-10-5-8(12-2)9(6)7;/h3,5,11H,1-2H3;/q-1;. The van der Waals surface area contributed by atoms with Crippen molar-refractivity contribution in [1.82, 2.24) is 9.97 Å². The van der Waals surface area contributed by atoms with Crippen LogP contribution in [0, 0.1) is 13.1 Å². The van der Waals surface area contributed by atoms with Crippen molar-refractivity contribution >= 4 is 10.9 Å². The first-order chi connectivity index (χ1) is 5.83. The molecule has 4 heteroatoms. The van der Waals surface area contributed by atoms with Crippen molar-refractivity contribution in [3.63, 3.8) is 0 Å². The molecule has 0 unspecified atom stereocenters. The van der Waals surface area contributed by atoms with Gasteiger partial charge in [-0.3, -0.25) is 0 Å². The van der Waals surface area contributed by atoms with Crippen LogP contribution in [-0.2, 0) is 32.7 Å². The van der Waals surface area contributed by atoms with Gasteiger partial charge in [-0.1, -0.05) is 17.1 Å². The Morgan fingerprint density at radius 3 is 3.00 bits per heavy atom. The van der Waals surface area contributed by atoms with Crippen LogP contribution in [0.4, 0.5) is 0 Å². The molecule has 0 bridgehead atoms. The minimum Gasteiger partial charge on any atom is -0.520 e. The Hall–Kier alpha value is -0.406. The summed E-state index contributed by atoms with van der Waals surface area (Å²) in [4.78, 5) is 6.98. The third-order valence-corrected chi connectivity index (χ3v) is 1.90. The topological polar surface area (TPSA) is 37.9 Å². The Morgan fingerprint density at radius 2 is 2.31 bits per heavy atom. The molecule has 1 radical (unpaired) electrons. The molecule has 13 heavy (non-hydrogen) atoms. The molecular formula is C9H9N2OY-. The molecule has 3 nitrogen and oxygen atoms in total. The van der Waals surface area contributed by atoms with Gasteiger partial charge in [0.1, 0.15) is 0 Å². The number of nitrogens with zero attached hydrogens (tertiary/aromatic N) is 1. The third-order valence-electron chi connectivity index (χ3n) is 1.90. The van der Waals surface area contributed by atoms with Crippen LogP contribution in [0.1, 0.15) is 5.56 Å². The van der Waals surface area contributed by atoms with Crippen molar-refractivity contribution in [2.45, 2.75) is 6.92 Å². The monoisotopic (exact) mass is 250 g/mol. The minimum atomic E-state index is 0. The SMILES string of the molecule is COc1cn[c-]c2[nH]cc(C)c12.[Y]. The maximum Gasteiger partial charge on any atom is 0.0744 e. The molecule has 0 aliphatic carbocycles. The molecule has 2 aromatic rings. The number of aromatic amines is 1. The zero-order valence-electron chi connectivity index (χ0n) is 7.59. The second-order valence-electron chi connectivity index (χ2n) is 2.66. The van der Waals surface area contributed by atoms with E-state index in [0.717, 1.165) is 22.2 Å². The van der Waals surface area contributed by atoms with E-state index in [1.54, 1.807) is 13.3 Å². The normalized spacial score (nSPS) is 9.69. The average molecular weight is 250 g/mol. The number of nitrogens with one attached hydrogen (secondary N) is 1. The smallest absolute Gasteiger partial charge is 0.0744 e. The van der Waals surface area contributed by atoms with Crippen molar-refractivity contribution < 1.29 is 37.4 Å². The summed E-state index contributed by atoms with van der Waals surface area (Å²) in [5, 5.41) is 1.06. The number of aryl methyl sites for hydroxylation is 1. The number of H-pyrrole nitrogens is 1. The van der Waals surface area contributed by atoms with Crippen LogP contribution in [0.15, 0.2) is 12.4 Å². The fraction of sp³-hybridized carbons (Fsp3) is 0.222. The van der Waals surface area contributed by atoms with Crippen molar-refractivity contribution in [2.75, 3.05) is 7.11 Å². The summed E-state index contributed by atoms with van der Waals surface area (Å²) in [6, 6.07) is 0. The van der Waals surface area contributed by atoms with Gasteiger partial charge in [0.25, 0.3) is 0 Å². The maximum absolute atomic E-state index is 5.16. The van der Waals surface area contributed by atoms with Gasteiger partial charge in [-0.15, -0.1) is 0 Å². The van der Waals surface area contributed by atoms with Crippen molar-refractivity contribution in [1.29, 1.82) is 0 Å². The van der Waals surface area contributed by atoms with Crippen LogP contribution < -0.4 is 4.74 Å². The summed E-state index contributed by atoms with van der Waals surface area (Å²) in [6.45, 7) is 2.02. The van der Waals surface area contributed by atoms with Gasteiger partial charge in [0.2, 0.25) is 0 Å². The zero-order valence-corrected chi connectivity index (χ0v) is 10.4. The van der Waals surface area contributed by atoms with Crippen LogP contribution in [0.5, 0.6) is 5.75 Å². The molecule has 0 aromatic carbocycles. The molecular weight excluding hydrogens is 241 g/mol. The molecule has 2 rings (SSSR count). The van der Waals surface area contributed by atoms with E-state index in [0.29, 0.717) is 0 Å². The van der Waals surface area contributed by atoms with E-state index >= 15 is 0 Å². The van der Waals surface area contributed by atoms with Gasteiger partial charge in [0.15, 0.2) is 0 Å². The van der Waals surface area contributed by atoms with Gasteiger partial charge in [-0.25, -0.2) is 0 Å². The molecule has 0 aliphatic rings. The Bertz CT molecular complexity index is 411. The second-order valence-corrected chi connectivity index (χ2v) is 2.66. The number of methoxy groups -OCH3 is 1. The van der Waals surface area contributed by atoms with Gasteiger partial charge in [0.05, 0.1) is 7.11 Å². The number of pyridine rings is 1. The van der Waals surface area contributed by atoms with E-state index in [4.69, 9.17) is 4.74 Å². The molecule has 0 fully saturated rings. The number of ether oxygens (including phenoxy) is 1. The summed E-state index contributed by atoms with van der Waals surface area (Å²) in [7, 11) is 1.64. The Labute approximate surface area is 102 Å². The van der Waals surface area contributed by atoms with E-state index in [9.17, 15) is 0 Å². The minimum absolute atomic E-state index is 0. The van der Waals surface area contributed by atoms with Crippen LogP contribution in [0.3, 0.4) is 0 Å². The molecule has 2 heterocycles. The van der Waals surface area contributed by atoms with E-state index in [-0.39, 0.29) is 32.7 Å². The van der Waals surface area contributed by atoms with E-state index in [1.807, 2.05) is 13.1 Å². The fourth-order valence-corrected chi connectivity index (χ4v) is 1.30. The molecule has 1 N–H and O–H groups in total. The molecule has 0 saturated carbocycles. The summed E-state index contributed by atoms with van der Waals surface area (Å²) in [6.07, 6.45) is 6.45. The van der Waals surface area contributed by atoms with Crippen molar-refractivity contribution in [3.8, 4) is 5.75 Å². The summed E-state index contributed by atoms with van der Waals surface area (Å²) < 4.78 is 5.16.